The standard InChI is InChI=1S/C15H17N3O/c16-12-9-11-13(18-15(12)19)7-4-8-17-14(11)10-5-2-1-3-6-10/h1-3,5-6,9,14,17H,4,7-8,16H2,(H,18,19). The van der Waals surface area contributed by atoms with Crippen molar-refractivity contribution >= 4 is 5.69 Å². The number of H-pyrrole nitrogens is 1. The molecular formula is C15H17N3O. The number of aryl methyl sites for hydroxylation is 1. The van der Waals surface area contributed by atoms with Crippen LogP contribution in [-0.4, -0.2) is 11.5 Å². The van der Waals surface area contributed by atoms with Crippen LogP contribution in [0.1, 0.15) is 29.3 Å². The number of aromatic nitrogens is 1. The maximum Gasteiger partial charge on any atom is 0.271 e. The van der Waals surface area contributed by atoms with Crippen LogP contribution in [-0.2, 0) is 6.42 Å². The van der Waals surface area contributed by atoms with E-state index in [0.717, 1.165) is 30.6 Å². The van der Waals surface area contributed by atoms with Crippen LogP contribution in [0, 0.1) is 0 Å². The molecule has 4 heteroatoms. The van der Waals surface area contributed by atoms with Gasteiger partial charge in [0.1, 0.15) is 0 Å². The third-order valence-corrected chi connectivity index (χ3v) is 3.58. The highest BCUT2D eigenvalue weighted by Crippen LogP contribution is 2.27. The summed E-state index contributed by atoms with van der Waals surface area (Å²) in [7, 11) is 0. The van der Waals surface area contributed by atoms with Crippen molar-refractivity contribution in [2.24, 2.45) is 0 Å². The number of aromatic amines is 1. The average Bonchev–Trinajstić information content (AvgIpc) is 2.63. The van der Waals surface area contributed by atoms with Crippen LogP contribution < -0.4 is 16.6 Å². The van der Waals surface area contributed by atoms with E-state index in [1.807, 2.05) is 24.3 Å². The molecule has 0 spiro atoms. The second-order valence-electron chi connectivity index (χ2n) is 4.89. The molecule has 2 heterocycles. The molecule has 0 radical (unpaired) electrons. The number of rotatable bonds is 1. The summed E-state index contributed by atoms with van der Waals surface area (Å²) < 4.78 is 0. The molecule has 4 nitrogen and oxygen atoms in total. The summed E-state index contributed by atoms with van der Waals surface area (Å²) in [6, 6.07) is 12.1. The first kappa shape index (κ1) is 12.0. The molecule has 1 atom stereocenters. The van der Waals surface area contributed by atoms with Gasteiger partial charge in [-0.15, -0.1) is 0 Å². The van der Waals surface area contributed by atoms with E-state index < -0.39 is 0 Å². The van der Waals surface area contributed by atoms with Crippen molar-refractivity contribution < 1.29 is 0 Å². The Morgan fingerprint density at radius 2 is 2.00 bits per heavy atom. The molecule has 4 N–H and O–H groups in total. The lowest BCUT2D eigenvalue weighted by Gasteiger charge is -2.19. The monoisotopic (exact) mass is 255 g/mol. The van der Waals surface area contributed by atoms with Crippen LogP contribution in [0.4, 0.5) is 5.69 Å². The summed E-state index contributed by atoms with van der Waals surface area (Å²) >= 11 is 0. The molecule has 0 saturated heterocycles. The smallest absolute Gasteiger partial charge is 0.271 e. The van der Waals surface area contributed by atoms with Crippen LogP contribution >= 0.6 is 0 Å². The lowest BCUT2D eigenvalue weighted by Crippen LogP contribution is -2.23. The van der Waals surface area contributed by atoms with Crippen LogP contribution in [0.25, 0.3) is 0 Å². The summed E-state index contributed by atoms with van der Waals surface area (Å²) in [6.07, 6.45) is 1.89. The SMILES string of the molecule is Nc1cc2c([nH]c1=O)CCCNC2c1ccccc1. The maximum absolute atomic E-state index is 11.6. The lowest BCUT2D eigenvalue weighted by atomic mass is 9.97. The molecule has 0 fully saturated rings. The Bertz CT molecular complexity index is 634. The summed E-state index contributed by atoms with van der Waals surface area (Å²) in [5.74, 6) is 0. The van der Waals surface area contributed by atoms with E-state index in [-0.39, 0.29) is 17.3 Å². The number of nitrogen functional groups attached to an aromatic ring is 1. The third kappa shape index (κ3) is 2.27. The summed E-state index contributed by atoms with van der Waals surface area (Å²) in [4.78, 5) is 14.6. The van der Waals surface area contributed by atoms with Gasteiger partial charge in [-0.3, -0.25) is 4.79 Å². The number of pyridine rings is 1. The Balaban J connectivity index is 2.13. The molecule has 98 valence electrons. The fourth-order valence-electron chi connectivity index (χ4n) is 2.63. The van der Waals surface area contributed by atoms with Gasteiger partial charge in [0.25, 0.3) is 5.56 Å². The molecule has 2 aromatic rings. The van der Waals surface area contributed by atoms with E-state index in [2.05, 4.69) is 22.4 Å². The first-order valence-corrected chi connectivity index (χ1v) is 6.55. The lowest BCUT2D eigenvalue weighted by molar-refractivity contribution is 0.610. The minimum Gasteiger partial charge on any atom is -0.394 e. The second-order valence-corrected chi connectivity index (χ2v) is 4.89. The van der Waals surface area contributed by atoms with Crippen molar-refractivity contribution in [3.63, 3.8) is 0 Å². The number of hydrogen-bond donors (Lipinski definition) is 3. The average molecular weight is 255 g/mol. The third-order valence-electron chi connectivity index (χ3n) is 3.58. The van der Waals surface area contributed by atoms with E-state index in [1.165, 1.54) is 5.56 Å². The van der Waals surface area contributed by atoms with E-state index in [4.69, 9.17) is 5.73 Å². The van der Waals surface area contributed by atoms with E-state index in [0.29, 0.717) is 0 Å². The topological polar surface area (TPSA) is 70.9 Å². The molecule has 19 heavy (non-hydrogen) atoms. The molecule has 1 aromatic heterocycles. The molecule has 1 aliphatic heterocycles. The second kappa shape index (κ2) is 4.90. The zero-order chi connectivity index (χ0) is 13.2. The molecule has 0 bridgehead atoms. The first-order chi connectivity index (χ1) is 9.25. The zero-order valence-corrected chi connectivity index (χ0v) is 10.6. The van der Waals surface area contributed by atoms with Gasteiger partial charge in [0.15, 0.2) is 0 Å². The van der Waals surface area contributed by atoms with Gasteiger partial charge in [-0.25, -0.2) is 0 Å². The van der Waals surface area contributed by atoms with E-state index in [1.54, 1.807) is 0 Å². The van der Waals surface area contributed by atoms with Gasteiger partial charge < -0.3 is 16.0 Å². The highest BCUT2D eigenvalue weighted by molar-refractivity contribution is 5.45. The minimum absolute atomic E-state index is 0.0952. The Kier molecular flexibility index (Phi) is 3.09. The van der Waals surface area contributed by atoms with Gasteiger partial charge in [0.05, 0.1) is 11.7 Å². The predicted octanol–water partition coefficient (Wildman–Crippen LogP) is 1.58. The van der Waals surface area contributed by atoms with Gasteiger partial charge in [-0.1, -0.05) is 30.3 Å². The maximum atomic E-state index is 11.6. The fourth-order valence-corrected chi connectivity index (χ4v) is 2.63. The Labute approximate surface area is 111 Å². The highest BCUT2D eigenvalue weighted by atomic mass is 16.1. The van der Waals surface area contributed by atoms with Gasteiger partial charge in [0, 0.05) is 5.69 Å². The number of hydrogen-bond acceptors (Lipinski definition) is 3. The van der Waals surface area contributed by atoms with Gasteiger partial charge in [-0.2, -0.15) is 0 Å². The Morgan fingerprint density at radius 1 is 1.21 bits per heavy atom. The number of fused-ring (bicyclic) bond motifs is 1. The fraction of sp³-hybridized carbons (Fsp3) is 0.267. The van der Waals surface area contributed by atoms with Crippen molar-refractivity contribution in [1.82, 2.24) is 10.3 Å². The minimum atomic E-state index is -0.188. The number of anilines is 1. The number of benzene rings is 1. The molecule has 0 amide bonds. The molecule has 0 aliphatic carbocycles. The van der Waals surface area contributed by atoms with Crippen LogP contribution in [0.2, 0.25) is 0 Å². The normalized spacial score (nSPS) is 18.6. The van der Waals surface area contributed by atoms with Gasteiger partial charge in [0.2, 0.25) is 0 Å². The van der Waals surface area contributed by atoms with Crippen molar-refractivity contribution in [2.45, 2.75) is 18.9 Å². The summed E-state index contributed by atoms with van der Waals surface area (Å²) in [5, 5.41) is 3.52. The molecule has 0 saturated carbocycles. The Morgan fingerprint density at radius 3 is 2.79 bits per heavy atom. The predicted molar refractivity (Wildman–Crippen MR) is 76.1 cm³/mol. The number of nitrogens with one attached hydrogen (secondary N) is 2. The summed E-state index contributed by atoms with van der Waals surface area (Å²) in [6.45, 7) is 0.927. The molecular weight excluding hydrogens is 238 g/mol. The quantitative estimate of drug-likeness (QED) is 0.724. The summed E-state index contributed by atoms with van der Waals surface area (Å²) in [5.41, 5.74) is 9.13. The van der Waals surface area contributed by atoms with Gasteiger partial charge >= 0.3 is 0 Å². The zero-order valence-electron chi connectivity index (χ0n) is 10.6. The molecule has 1 aromatic carbocycles. The Hall–Kier alpha value is -2.07. The first-order valence-electron chi connectivity index (χ1n) is 6.55. The van der Waals surface area contributed by atoms with Crippen LogP contribution in [0.3, 0.4) is 0 Å². The van der Waals surface area contributed by atoms with Gasteiger partial charge in [-0.05, 0) is 36.6 Å². The van der Waals surface area contributed by atoms with Crippen LogP contribution in [0.15, 0.2) is 41.2 Å². The van der Waals surface area contributed by atoms with Crippen molar-refractivity contribution in [2.75, 3.05) is 12.3 Å². The van der Waals surface area contributed by atoms with E-state index >= 15 is 0 Å². The van der Waals surface area contributed by atoms with E-state index in [9.17, 15) is 4.79 Å². The highest BCUT2D eigenvalue weighted by Gasteiger charge is 2.21. The van der Waals surface area contributed by atoms with Crippen molar-refractivity contribution in [3.05, 3.63) is 63.6 Å². The van der Waals surface area contributed by atoms with Crippen molar-refractivity contribution in [1.29, 1.82) is 0 Å². The largest absolute Gasteiger partial charge is 0.394 e. The number of nitrogens with two attached hydrogens (primary N) is 1. The van der Waals surface area contributed by atoms with Crippen LogP contribution in [0.5, 0.6) is 0 Å². The molecule has 3 rings (SSSR count). The molecule has 1 unspecified atom stereocenters. The van der Waals surface area contributed by atoms with Crippen molar-refractivity contribution in [3.8, 4) is 0 Å². The molecule has 1 aliphatic rings.